The van der Waals surface area contributed by atoms with Crippen molar-refractivity contribution in [3.63, 3.8) is 0 Å². The van der Waals surface area contributed by atoms with Crippen molar-refractivity contribution in [3.8, 4) is 11.4 Å². The van der Waals surface area contributed by atoms with Crippen LogP contribution < -0.4 is 4.74 Å². The first kappa shape index (κ1) is 16.5. The van der Waals surface area contributed by atoms with E-state index in [-0.39, 0.29) is 11.7 Å². The Kier molecular flexibility index (Phi) is 5.55. The Morgan fingerprint density at radius 3 is 2.50 bits per heavy atom. The fraction of sp³-hybridized carbons (Fsp3) is 0.471. The zero-order valence-corrected chi connectivity index (χ0v) is 13.7. The minimum atomic E-state index is -0.250. The van der Waals surface area contributed by atoms with Crippen LogP contribution in [-0.2, 0) is 0 Å². The van der Waals surface area contributed by atoms with Gasteiger partial charge in [0, 0.05) is 12.5 Å². The Bertz CT molecular complexity index is 590. The molecule has 1 heterocycles. The van der Waals surface area contributed by atoms with Gasteiger partial charge in [0.1, 0.15) is 11.5 Å². The molecule has 0 amide bonds. The quantitative estimate of drug-likeness (QED) is 0.734. The van der Waals surface area contributed by atoms with Crippen LogP contribution in [0.1, 0.15) is 31.9 Å². The Balaban J connectivity index is 2.13. The second kappa shape index (κ2) is 7.40. The predicted octanol–water partition coefficient (Wildman–Crippen LogP) is 3.47. The average Bonchev–Trinajstić information content (AvgIpc) is 2.88. The van der Waals surface area contributed by atoms with Crippen LogP contribution in [0.15, 0.2) is 30.5 Å². The summed E-state index contributed by atoms with van der Waals surface area (Å²) in [6.07, 6.45) is 2.84. The van der Waals surface area contributed by atoms with Gasteiger partial charge in [-0.25, -0.2) is 9.07 Å². The molecule has 2 rings (SSSR count). The monoisotopic (exact) mass is 305 g/mol. The van der Waals surface area contributed by atoms with E-state index in [2.05, 4.69) is 23.8 Å². The van der Waals surface area contributed by atoms with Crippen molar-refractivity contribution < 1.29 is 9.13 Å². The summed E-state index contributed by atoms with van der Waals surface area (Å²) >= 11 is 0. The molecule has 0 bridgehead atoms. The number of hydrogen-bond acceptors (Lipinski definition) is 3. The molecular formula is C17H24FN3O. The van der Waals surface area contributed by atoms with Crippen molar-refractivity contribution in [1.29, 1.82) is 0 Å². The van der Waals surface area contributed by atoms with E-state index in [1.165, 1.54) is 12.1 Å². The van der Waals surface area contributed by atoms with Gasteiger partial charge < -0.3 is 9.64 Å². The minimum Gasteiger partial charge on any atom is -0.490 e. The van der Waals surface area contributed by atoms with Gasteiger partial charge in [-0.05, 0) is 44.8 Å². The van der Waals surface area contributed by atoms with Crippen LogP contribution in [0.3, 0.4) is 0 Å². The number of ether oxygens (including phenoxy) is 1. The summed E-state index contributed by atoms with van der Waals surface area (Å²) < 4.78 is 20.7. The minimum absolute atomic E-state index is 0.250. The highest BCUT2D eigenvalue weighted by molar-refractivity contribution is 5.36. The summed E-state index contributed by atoms with van der Waals surface area (Å²) in [5.41, 5.74) is 1.75. The van der Waals surface area contributed by atoms with Crippen LogP contribution in [0.4, 0.5) is 4.39 Å². The molecule has 1 aromatic carbocycles. The highest BCUT2D eigenvalue weighted by Crippen LogP contribution is 2.26. The Labute approximate surface area is 131 Å². The molecule has 0 N–H and O–H groups in total. The van der Waals surface area contributed by atoms with Gasteiger partial charge in [0.15, 0.2) is 5.75 Å². The third-order valence-corrected chi connectivity index (χ3v) is 3.35. The summed E-state index contributed by atoms with van der Waals surface area (Å²) in [5, 5.41) is 4.58. The normalized spacial score (nSPS) is 11.4. The molecule has 0 fully saturated rings. The molecule has 0 atom stereocenters. The summed E-state index contributed by atoms with van der Waals surface area (Å²) in [6, 6.07) is 6.29. The maximum Gasteiger partial charge on any atom is 0.161 e. The van der Waals surface area contributed by atoms with Crippen LogP contribution in [0.2, 0.25) is 0 Å². The highest BCUT2D eigenvalue weighted by Gasteiger charge is 2.14. The summed E-state index contributed by atoms with van der Waals surface area (Å²) in [4.78, 5) is 2.13. The molecule has 1 aromatic heterocycles. The molecule has 0 spiro atoms. The predicted molar refractivity (Wildman–Crippen MR) is 86.3 cm³/mol. The molecule has 120 valence electrons. The molecule has 0 aliphatic heterocycles. The lowest BCUT2D eigenvalue weighted by atomic mass is 10.1. The first-order valence-electron chi connectivity index (χ1n) is 7.60. The van der Waals surface area contributed by atoms with Crippen molar-refractivity contribution in [3.05, 3.63) is 42.0 Å². The fourth-order valence-electron chi connectivity index (χ4n) is 2.17. The second-order valence-electron chi connectivity index (χ2n) is 5.96. The summed E-state index contributed by atoms with van der Waals surface area (Å²) in [7, 11) is 4.10. The van der Waals surface area contributed by atoms with E-state index in [4.69, 9.17) is 4.74 Å². The van der Waals surface area contributed by atoms with Crippen molar-refractivity contribution >= 4 is 0 Å². The van der Waals surface area contributed by atoms with Crippen LogP contribution in [0.5, 0.6) is 5.75 Å². The van der Waals surface area contributed by atoms with E-state index in [1.807, 2.05) is 20.3 Å². The number of rotatable bonds is 7. The molecule has 0 saturated heterocycles. The topological polar surface area (TPSA) is 30.3 Å². The Morgan fingerprint density at radius 2 is 1.91 bits per heavy atom. The van der Waals surface area contributed by atoms with Gasteiger partial charge in [-0.15, -0.1) is 0 Å². The van der Waals surface area contributed by atoms with E-state index in [0.717, 1.165) is 30.1 Å². The van der Waals surface area contributed by atoms with Gasteiger partial charge in [0.25, 0.3) is 0 Å². The Hall–Kier alpha value is -1.88. The first-order chi connectivity index (χ1) is 10.5. The molecule has 0 saturated carbocycles. The van der Waals surface area contributed by atoms with E-state index in [9.17, 15) is 4.39 Å². The standard InChI is InChI=1S/C17H24FN3O/c1-13(2)17-16(22-11-5-10-20(3)4)12-21(19-17)15-8-6-14(18)7-9-15/h6-9,12-13H,5,10-11H2,1-4H3. The van der Waals surface area contributed by atoms with Crippen molar-refractivity contribution in [2.24, 2.45) is 0 Å². The highest BCUT2D eigenvalue weighted by atomic mass is 19.1. The summed E-state index contributed by atoms with van der Waals surface area (Å²) in [5.74, 6) is 0.823. The van der Waals surface area contributed by atoms with Crippen LogP contribution in [0, 0.1) is 5.82 Å². The second-order valence-corrected chi connectivity index (χ2v) is 5.96. The van der Waals surface area contributed by atoms with E-state index in [0.29, 0.717) is 6.61 Å². The zero-order chi connectivity index (χ0) is 16.1. The number of benzene rings is 1. The molecule has 0 aliphatic carbocycles. The molecule has 4 nitrogen and oxygen atoms in total. The Morgan fingerprint density at radius 1 is 1.23 bits per heavy atom. The molecule has 22 heavy (non-hydrogen) atoms. The van der Waals surface area contributed by atoms with E-state index in [1.54, 1.807) is 16.8 Å². The molecular weight excluding hydrogens is 281 g/mol. The smallest absolute Gasteiger partial charge is 0.161 e. The largest absolute Gasteiger partial charge is 0.490 e. The number of hydrogen-bond donors (Lipinski definition) is 0. The SMILES string of the molecule is CC(C)c1nn(-c2ccc(F)cc2)cc1OCCCN(C)C. The summed E-state index contributed by atoms with van der Waals surface area (Å²) in [6.45, 7) is 5.82. The maximum atomic E-state index is 13.0. The molecule has 0 aliphatic rings. The van der Waals surface area contributed by atoms with Gasteiger partial charge >= 0.3 is 0 Å². The fourth-order valence-corrected chi connectivity index (χ4v) is 2.17. The first-order valence-corrected chi connectivity index (χ1v) is 7.60. The third kappa shape index (κ3) is 4.31. The number of nitrogens with zero attached hydrogens (tertiary/aromatic N) is 3. The maximum absolute atomic E-state index is 13.0. The molecule has 2 aromatic rings. The van der Waals surface area contributed by atoms with Gasteiger partial charge in [0.05, 0.1) is 18.5 Å². The van der Waals surface area contributed by atoms with Crippen molar-refractivity contribution in [2.45, 2.75) is 26.2 Å². The van der Waals surface area contributed by atoms with Crippen LogP contribution in [0.25, 0.3) is 5.69 Å². The van der Waals surface area contributed by atoms with Crippen LogP contribution in [-0.4, -0.2) is 41.9 Å². The van der Waals surface area contributed by atoms with Gasteiger partial charge in [0.2, 0.25) is 0 Å². The van der Waals surface area contributed by atoms with Crippen molar-refractivity contribution in [1.82, 2.24) is 14.7 Å². The van der Waals surface area contributed by atoms with E-state index >= 15 is 0 Å². The lowest BCUT2D eigenvalue weighted by Crippen LogP contribution is -2.15. The number of halogens is 1. The lowest BCUT2D eigenvalue weighted by molar-refractivity contribution is 0.278. The van der Waals surface area contributed by atoms with Crippen LogP contribution >= 0.6 is 0 Å². The lowest BCUT2D eigenvalue weighted by Gasteiger charge is -2.10. The third-order valence-electron chi connectivity index (χ3n) is 3.35. The zero-order valence-electron chi connectivity index (χ0n) is 13.7. The average molecular weight is 305 g/mol. The molecule has 0 unspecified atom stereocenters. The number of aromatic nitrogens is 2. The molecule has 5 heteroatoms. The van der Waals surface area contributed by atoms with Gasteiger partial charge in [-0.2, -0.15) is 5.10 Å². The molecule has 0 radical (unpaired) electrons. The van der Waals surface area contributed by atoms with Gasteiger partial charge in [-0.3, -0.25) is 0 Å². The van der Waals surface area contributed by atoms with E-state index < -0.39 is 0 Å². The van der Waals surface area contributed by atoms with Crippen molar-refractivity contribution in [2.75, 3.05) is 27.2 Å². The van der Waals surface area contributed by atoms with Gasteiger partial charge in [-0.1, -0.05) is 13.8 Å².